The summed E-state index contributed by atoms with van der Waals surface area (Å²) in [6.45, 7) is 2.51. The Balaban J connectivity index is 3.56. The summed E-state index contributed by atoms with van der Waals surface area (Å²) in [6.07, 6.45) is -7.68. The van der Waals surface area contributed by atoms with E-state index in [0.717, 1.165) is 0 Å². The molecule has 0 saturated heterocycles. The number of hydrogen-bond donors (Lipinski definition) is 1. The van der Waals surface area contributed by atoms with Crippen molar-refractivity contribution >= 4 is 20.1 Å². The van der Waals surface area contributed by atoms with Gasteiger partial charge in [-0.25, -0.2) is 13.1 Å². The zero-order valence-corrected chi connectivity index (χ0v) is 18.7. The Labute approximate surface area is 192 Å². The van der Waals surface area contributed by atoms with Gasteiger partial charge >= 0.3 is 45.2 Å². The number of nitrogens with one attached hydrogen (secondary N) is 1. The molecule has 0 aromatic carbocycles. The number of hydrogen-bond acceptors (Lipinski definition) is 6. The molecule has 0 bridgehead atoms. The average Bonchev–Trinajstić information content (AvgIpc) is 2.65. The molecule has 210 valence electrons. The van der Waals surface area contributed by atoms with Gasteiger partial charge in [0.05, 0.1) is 0 Å². The summed E-state index contributed by atoms with van der Waals surface area (Å²) in [6, 6.07) is 0.373. The molecule has 0 unspecified atom stereocenters. The van der Waals surface area contributed by atoms with Crippen LogP contribution < -0.4 is 8.91 Å². The Morgan fingerprint density at radius 3 is 1.61 bits per heavy atom. The fourth-order valence-electron chi connectivity index (χ4n) is 2.04. The van der Waals surface area contributed by atoms with Gasteiger partial charge in [-0.2, -0.15) is 70.5 Å². The minimum Gasteiger partial charge on any atom is -0.357 e. The summed E-state index contributed by atoms with van der Waals surface area (Å²) in [4.78, 5) is 2.83. The highest BCUT2D eigenvalue weighted by atomic mass is 32.2. The molecule has 22 heteroatoms. The van der Waals surface area contributed by atoms with E-state index in [1.165, 1.54) is 13.8 Å². The van der Waals surface area contributed by atoms with Gasteiger partial charge in [-0.3, -0.25) is 0 Å². The molecule has 1 aromatic rings. The monoisotopic (exact) mass is 598 g/mol. The van der Waals surface area contributed by atoms with Crippen LogP contribution in [0.1, 0.15) is 13.8 Å². The van der Waals surface area contributed by atoms with Crippen molar-refractivity contribution in [1.29, 1.82) is 0 Å². The van der Waals surface area contributed by atoms with Crippen LogP contribution in [-0.2, 0) is 20.1 Å². The van der Waals surface area contributed by atoms with E-state index in [1.807, 2.05) is 4.72 Å². The molecule has 0 aliphatic carbocycles. The van der Waals surface area contributed by atoms with Gasteiger partial charge in [0.2, 0.25) is 5.88 Å². The van der Waals surface area contributed by atoms with Crippen LogP contribution in [-0.4, -0.2) is 63.0 Å². The fourth-order valence-corrected chi connectivity index (χ4v) is 4.11. The van der Waals surface area contributed by atoms with Gasteiger partial charge in [0, 0.05) is 12.1 Å². The zero-order valence-electron chi connectivity index (χ0n) is 17.0. The molecule has 0 aliphatic heterocycles. The maximum Gasteiger partial charge on any atom is 0.460 e. The van der Waals surface area contributed by atoms with Crippen molar-refractivity contribution in [2.45, 2.75) is 60.0 Å². The third-order valence-corrected chi connectivity index (χ3v) is 6.61. The molecule has 1 N–H and O–H groups in total. The molecule has 0 amide bonds. The Kier molecular flexibility index (Phi) is 8.01. The molecule has 7 nitrogen and oxygen atoms in total. The van der Waals surface area contributed by atoms with Gasteiger partial charge in [-0.1, -0.05) is 6.07 Å². The lowest BCUT2D eigenvalue weighted by Crippen LogP contribution is -2.71. The van der Waals surface area contributed by atoms with E-state index in [2.05, 4.69) is 9.17 Å². The number of rotatable bonds is 10. The van der Waals surface area contributed by atoms with Crippen LogP contribution in [0.15, 0.2) is 23.2 Å². The quantitative estimate of drug-likeness (QED) is 0.321. The molecule has 0 atom stereocenters. The number of aromatic nitrogens is 1. The van der Waals surface area contributed by atoms with Crippen molar-refractivity contribution in [3.8, 4) is 5.88 Å². The average molecular weight is 598 g/mol. The second-order valence-electron chi connectivity index (χ2n) is 6.94. The van der Waals surface area contributed by atoms with Crippen molar-refractivity contribution in [2.75, 3.05) is 0 Å². The minimum atomic E-state index is -8.38. The van der Waals surface area contributed by atoms with E-state index in [9.17, 15) is 73.9 Å². The summed E-state index contributed by atoms with van der Waals surface area (Å²) in [5, 5.41) is -8.85. The Morgan fingerprint density at radius 2 is 1.19 bits per heavy atom. The zero-order chi connectivity index (χ0) is 29.0. The molecular weight excluding hydrogens is 587 g/mol. The topological polar surface area (TPSA) is 102 Å². The van der Waals surface area contributed by atoms with Crippen LogP contribution in [0.5, 0.6) is 5.88 Å². The van der Waals surface area contributed by atoms with Crippen LogP contribution in [0.4, 0.5) is 57.1 Å². The number of nitrogens with zero attached hydrogens (tertiary/aromatic N) is 1. The van der Waals surface area contributed by atoms with Gasteiger partial charge in [-0.15, -0.1) is 0 Å². The third kappa shape index (κ3) is 5.02. The number of alkyl halides is 13. The number of halogens is 13. The van der Waals surface area contributed by atoms with Crippen molar-refractivity contribution in [1.82, 2.24) is 9.71 Å². The van der Waals surface area contributed by atoms with E-state index < -0.39 is 72.2 Å². The molecule has 0 fully saturated rings. The first-order chi connectivity index (χ1) is 15.6. The summed E-state index contributed by atoms with van der Waals surface area (Å²) < 4.78 is 223. The predicted octanol–water partition coefficient (Wildman–Crippen LogP) is 4.17. The first-order valence-electron chi connectivity index (χ1n) is 8.49. The van der Waals surface area contributed by atoms with E-state index in [1.54, 1.807) is 0 Å². The highest BCUT2D eigenvalue weighted by Crippen LogP contribution is 2.61. The third-order valence-electron chi connectivity index (χ3n) is 3.78. The van der Waals surface area contributed by atoms with E-state index in [4.69, 9.17) is 0 Å². The van der Waals surface area contributed by atoms with E-state index in [0.29, 0.717) is 12.1 Å². The van der Waals surface area contributed by atoms with Gasteiger partial charge in [0.1, 0.15) is 0 Å². The van der Waals surface area contributed by atoms with Crippen LogP contribution >= 0.6 is 0 Å². The van der Waals surface area contributed by atoms with Crippen LogP contribution in [0, 0.1) is 0 Å². The summed E-state index contributed by atoms with van der Waals surface area (Å²) >= 11 is 0. The molecule has 0 spiro atoms. The molecule has 0 aliphatic rings. The molecule has 1 heterocycles. The minimum absolute atomic E-state index is 0.171. The summed E-state index contributed by atoms with van der Waals surface area (Å²) in [5.74, 6) is -34.8. The lowest BCUT2D eigenvalue weighted by Gasteiger charge is -2.38. The van der Waals surface area contributed by atoms with Gasteiger partial charge in [0.25, 0.3) is 10.0 Å². The second-order valence-corrected chi connectivity index (χ2v) is 10.2. The van der Waals surface area contributed by atoms with Gasteiger partial charge in [-0.05, 0) is 19.9 Å². The van der Waals surface area contributed by atoms with E-state index >= 15 is 0 Å². The molecule has 1 aromatic heterocycles. The standard InChI is InChI=1S/C14H11F13N2O5S2/c1-6(2)29-35(30,31)8-5-3-4-7(28-8)34-36(32,33)14(26,27)12(21,22)10(17,18)9(15,16)11(19,20)13(23,24)25/h3-6,29H,1-2H3. The van der Waals surface area contributed by atoms with Crippen molar-refractivity contribution < 1.29 is 78.1 Å². The molecular formula is C14H11F13N2O5S2. The molecule has 1 rings (SSSR count). The fraction of sp³-hybridized carbons (Fsp3) is 0.643. The van der Waals surface area contributed by atoms with Crippen LogP contribution in [0.25, 0.3) is 0 Å². The second kappa shape index (κ2) is 9.03. The van der Waals surface area contributed by atoms with Gasteiger partial charge in [0.15, 0.2) is 5.03 Å². The molecule has 36 heavy (non-hydrogen) atoms. The van der Waals surface area contributed by atoms with Gasteiger partial charge < -0.3 is 4.18 Å². The SMILES string of the molecule is CC(C)NS(=O)(=O)c1cccc(OS(=O)(=O)C(F)(F)C(F)(F)C(F)(F)C(F)(F)C(F)(F)C(F)(F)F)n1. The largest absolute Gasteiger partial charge is 0.460 e. The Bertz CT molecular complexity index is 1180. The Hall–Kier alpha value is -2.10. The number of sulfonamides is 1. The van der Waals surface area contributed by atoms with Crippen molar-refractivity contribution in [3.05, 3.63) is 18.2 Å². The molecule has 0 radical (unpaired) electrons. The number of pyridine rings is 1. The first-order valence-corrected chi connectivity index (χ1v) is 11.4. The normalized spacial score (nSPS) is 15.3. The molecule has 0 saturated carbocycles. The predicted molar refractivity (Wildman–Crippen MR) is 90.0 cm³/mol. The van der Waals surface area contributed by atoms with Crippen LogP contribution in [0.2, 0.25) is 0 Å². The van der Waals surface area contributed by atoms with E-state index in [-0.39, 0.29) is 6.07 Å². The van der Waals surface area contributed by atoms with Crippen molar-refractivity contribution in [2.24, 2.45) is 0 Å². The first kappa shape index (κ1) is 31.9. The summed E-state index contributed by atoms with van der Waals surface area (Å²) in [5.41, 5.74) is 0. The highest BCUT2D eigenvalue weighted by molar-refractivity contribution is 7.89. The summed E-state index contributed by atoms with van der Waals surface area (Å²) in [7, 11) is -12.3. The Morgan fingerprint density at radius 1 is 0.750 bits per heavy atom. The van der Waals surface area contributed by atoms with Crippen LogP contribution in [0.3, 0.4) is 0 Å². The lowest BCUT2D eigenvalue weighted by molar-refractivity contribution is -0.433. The lowest BCUT2D eigenvalue weighted by atomic mass is 9.98. The maximum atomic E-state index is 13.9. The van der Waals surface area contributed by atoms with Crippen molar-refractivity contribution in [3.63, 3.8) is 0 Å². The maximum absolute atomic E-state index is 13.9. The smallest absolute Gasteiger partial charge is 0.357 e. The highest BCUT2D eigenvalue weighted by Gasteiger charge is 2.93.